The van der Waals surface area contributed by atoms with Gasteiger partial charge in [-0.2, -0.15) is 0 Å². The van der Waals surface area contributed by atoms with Gasteiger partial charge >= 0.3 is 0 Å². The molecule has 1 aliphatic rings. The topological polar surface area (TPSA) is 75.4 Å². The van der Waals surface area contributed by atoms with E-state index in [0.717, 1.165) is 43.9 Å². The van der Waals surface area contributed by atoms with Gasteiger partial charge < -0.3 is 10.4 Å². The van der Waals surface area contributed by atoms with Gasteiger partial charge in [0.05, 0.1) is 11.5 Å². The lowest BCUT2D eigenvalue weighted by atomic mass is 9.87. The molecule has 0 spiro atoms. The molecule has 0 unspecified atom stereocenters. The molecule has 1 fully saturated rings. The first-order chi connectivity index (χ1) is 9.06. The highest BCUT2D eigenvalue weighted by Gasteiger charge is 2.33. The van der Waals surface area contributed by atoms with Crippen molar-refractivity contribution in [3.05, 3.63) is 34.1 Å². The van der Waals surface area contributed by atoms with Gasteiger partial charge in [0.2, 0.25) is 0 Å². The molecule has 0 radical (unpaired) electrons. The molecule has 0 heterocycles. The number of rotatable bonds is 5. The second-order valence-electron chi connectivity index (χ2n) is 5.14. The molecule has 0 saturated heterocycles. The van der Waals surface area contributed by atoms with Crippen molar-refractivity contribution in [1.29, 1.82) is 0 Å². The van der Waals surface area contributed by atoms with Crippen LogP contribution in [0.3, 0.4) is 0 Å². The Morgan fingerprint density at radius 1 is 1.42 bits per heavy atom. The quantitative estimate of drug-likeness (QED) is 0.636. The summed E-state index contributed by atoms with van der Waals surface area (Å²) in [5, 5.41) is 23.3. The molecule has 5 nitrogen and oxygen atoms in total. The normalized spacial score (nSPS) is 17.4. The molecule has 104 valence electrons. The van der Waals surface area contributed by atoms with Crippen LogP contribution in [0, 0.1) is 21.3 Å². The van der Waals surface area contributed by atoms with E-state index in [0.29, 0.717) is 6.54 Å². The summed E-state index contributed by atoms with van der Waals surface area (Å²) >= 11 is 0. The third kappa shape index (κ3) is 3.01. The van der Waals surface area contributed by atoms with Crippen molar-refractivity contribution in [1.82, 2.24) is 0 Å². The summed E-state index contributed by atoms with van der Waals surface area (Å²) in [6.45, 7) is 0.469. The minimum Gasteiger partial charge on any atom is -0.396 e. The molecule has 1 saturated carbocycles. The molecule has 1 aromatic rings. The van der Waals surface area contributed by atoms with Crippen LogP contribution in [-0.2, 0) is 0 Å². The fraction of sp³-hybridized carbons (Fsp3) is 0.538. The summed E-state index contributed by atoms with van der Waals surface area (Å²) in [7, 11) is 0. The lowest BCUT2D eigenvalue weighted by Crippen LogP contribution is -2.30. The lowest BCUT2D eigenvalue weighted by molar-refractivity contribution is -0.384. The largest absolute Gasteiger partial charge is 0.396 e. The first kappa shape index (κ1) is 13.7. The van der Waals surface area contributed by atoms with Gasteiger partial charge in [-0.05, 0) is 18.9 Å². The van der Waals surface area contributed by atoms with E-state index in [1.807, 2.05) is 0 Å². The van der Waals surface area contributed by atoms with Crippen LogP contribution < -0.4 is 5.32 Å². The van der Waals surface area contributed by atoms with Crippen LogP contribution in [-0.4, -0.2) is 23.2 Å². The smallest absolute Gasteiger partial charge is 0.292 e. The van der Waals surface area contributed by atoms with Crippen molar-refractivity contribution in [3.63, 3.8) is 0 Å². The maximum Gasteiger partial charge on any atom is 0.292 e. The predicted molar refractivity (Wildman–Crippen MR) is 69.5 cm³/mol. The minimum absolute atomic E-state index is 0.0448. The van der Waals surface area contributed by atoms with E-state index in [-0.39, 0.29) is 23.4 Å². The monoisotopic (exact) mass is 268 g/mol. The van der Waals surface area contributed by atoms with E-state index >= 15 is 0 Å². The molecular weight excluding hydrogens is 251 g/mol. The van der Waals surface area contributed by atoms with Crippen LogP contribution in [0.2, 0.25) is 0 Å². The summed E-state index contributed by atoms with van der Waals surface area (Å²) in [6.07, 6.45) is 3.88. The number of nitro groups is 1. The summed E-state index contributed by atoms with van der Waals surface area (Å²) in [5.41, 5.74) is -0.211. The van der Waals surface area contributed by atoms with Crippen molar-refractivity contribution in [3.8, 4) is 0 Å². The van der Waals surface area contributed by atoms with Crippen molar-refractivity contribution < 1.29 is 14.4 Å². The Kier molecular flexibility index (Phi) is 3.99. The van der Waals surface area contributed by atoms with Crippen LogP contribution in [0.25, 0.3) is 0 Å². The third-order valence-corrected chi connectivity index (χ3v) is 3.81. The van der Waals surface area contributed by atoms with E-state index in [9.17, 15) is 19.6 Å². The summed E-state index contributed by atoms with van der Waals surface area (Å²) < 4.78 is 13.2. The molecule has 0 atom stereocenters. The number of aliphatic hydroxyl groups excluding tert-OH is 1. The lowest BCUT2D eigenvalue weighted by Gasteiger charge is -2.27. The predicted octanol–water partition coefficient (Wildman–Crippen LogP) is 2.70. The van der Waals surface area contributed by atoms with E-state index in [4.69, 9.17) is 0 Å². The number of hydrogen-bond acceptors (Lipinski definition) is 4. The Labute approximate surface area is 110 Å². The van der Waals surface area contributed by atoms with Crippen molar-refractivity contribution in [2.24, 2.45) is 5.41 Å². The highest BCUT2D eigenvalue weighted by atomic mass is 19.1. The van der Waals surface area contributed by atoms with Gasteiger partial charge in [0.1, 0.15) is 11.5 Å². The molecule has 19 heavy (non-hydrogen) atoms. The molecule has 0 aliphatic heterocycles. The van der Waals surface area contributed by atoms with Gasteiger partial charge in [-0.1, -0.05) is 12.8 Å². The number of aliphatic hydroxyl groups is 1. The van der Waals surface area contributed by atoms with Gasteiger partial charge in [-0.3, -0.25) is 10.1 Å². The standard InChI is InChI=1S/C13H17FN2O3/c14-10-3-4-12(16(18)19)11(7-10)15-8-13(9-17)5-1-2-6-13/h3-4,7,15,17H,1-2,5-6,8-9H2. The zero-order valence-electron chi connectivity index (χ0n) is 10.6. The molecule has 6 heteroatoms. The summed E-state index contributed by atoms with van der Waals surface area (Å²) in [6, 6.07) is 3.34. The summed E-state index contributed by atoms with van der Waals surface area (Å²) in [5.74, 6) is -0.516. The van der Waals surface area contributed by atoms with Crippen LogP contribution in [0.5, 0.6) is 0 Å². The van der Waals surface area contributed by atoms with Crippen molar-refractivity contribution in [2.45, 2.75) is 25.7 Å². The number of anilines is 1. The Morgan fingerprint density at radius 2 is 2.11 bits per heavy atom. The third-order valence-electron chi connectivity index (χ3n) is 3.81. The Bertz CT molecular complexity index is 473. The molecule has 0 amide bonds. The first-order valence-corrected chi connectivity index (χ1v) is 6.35. The van der Waals surface area contributed by atoms with Crippen LogP contribution in [0.1, 0.15) is 25.7 Å². The fourth-order valence-electron chi connectivity index (χ4n) is 2.61. The van der Waals surface area contributed by atoms with Gasteiger partial charge in [-0.15, -0.1) is 0 Å². The second-order valence-corrected chi connectivity index (χ2v) is 5.14. The zero-order chi connectivity index (χ0) is 13.9. The van der Waals surface area contributed by atoms with E-state index in [1.54, 1.807) is 0 Å². The van der Waals surface area contributed by atoms with E-state index in [1.165, 1.54) is 0 Å². The van der Waals surface area contributed by atoms with Crippen molar-refractivity contribution in [2.75, 3.05) is 18.5 Å². The second kappa shape index (κ2) is 5.52. The maximum absolute atomic E-state index is 13.2. The Morgan fingerprint density at radius 3 is 2.68 bits per heavy atom. The summed E-state index contributed by atoms with van der Waals surface area (Å²) in [4.78, 5) is 10.3. The van der Waals surface area contributed by atoms with Crippen molar-refractivity contribution >= 4 is 11.4 Å². The molecule has 0 aromatic heterocycles. The zero-order valence-corrected chi connectivity index (χ0v) is 10.6. The van der Waals surface area contributed by atoms with Gasteiger partial charge in [-0.25, -0.2) is 4.39 Å². The molecule has 2 N–H and O–H groups in total. The number of nitrogens with one attached hydrogen (secondary N) is 1. The van der Waals surface area contributed by atoms with Crippen LogP contribution >= 0.6 is 0 Å². The number of nitrogens with zero attached hydrogens (tertiary/aromatic N) is 1. The highest BCUT2D eigenvalue weighted by molar-refractivity contribution is 5.61. The van der Waals surface area contributed by atoms with Gasteiger partial charge in [0.15, 0.2) is 0 Å². The van der Waals surface area contributed by atoms with E-state index in [2.05, 4.69) is 5.32 Å². The molecule has 0 bridgehead atoms. The molecule has 2 rings (SSSR count). The minimum atomic E-state index is -0.540. The maximum atomic E-state index is 13.2. The highest BCUT2D eigenvalue weighted by Crippen LogP contribution is 2.38. The molecular formula is C13H17FN2O3. The molecule has 1 aromatic carbocycles. The number of benzene rings is 1. The first-order valence-electron chi connectivity index (χ1n) is 6.35. The van der Waals surface area contributed by atoms with Gasteiger partial charge in [0, 0.05) is 24.1 Å². The Hall–Kier alpha value is -1.69. The SMILES string of the molecule is O=[N+]([O-])c1ccc(F)cc1NCC1(CO)CCCC1. The fourth-order valence-corrected chi connectivity index (χ4v) is 2.61. The number of nitro benzene ring substituents is 1. The van der Waals surface area contributed by atoms with E-state index < -0.39 is 10.7 Å². The van der Waals surface area contributed by atoms with Crippen LogP contribution in [0.4, 0.5) is 15.8 Å². The average Bonchev–Trinajstić information content (AvgIpc) is 2.85. The molecule has 1 aliphatic carbocycles. The van der Waals surface area contributed by atoms with Gasteiger partial charge in [0.25, 0.3) is 5.69 Å². The number of halogens is 1. The average molecular weight is 268 g/mol. The number of hydrogen-bond donors (Lipinski definition) is 2. The Balaban J connectivity index is 2.14. The van der Waals surface area contributed by atoms with Crippen LogP contribution in [0.15, 0.2) is 18.2 Å².